The van der Waals surface area contributed by atoms with Gasteiger partial charge in [-0.15, -0.1) is 0 Å². The lowest BCUT2D eigenvalue weighted by Crippen LogP contribution is -2.34. The number of ether oxygens (including phenoxy) is 2. The maximum atomic E-state index is 12.3. The van der Waals surface area contributed by atoms with Crippen molar-refractivity contribution in [2.24, 2.45) is 5.92 Å². The van der Waals surface area contributed by atoms with Crippen LogP contribution in [0.1, 0.15) is 18.4 Å². The Morgan fingerprint density at radius 3 is 2.80 bits per heavy atom. The molecule has 0 N–H and O–H groups in total. The minimum absolute atomic E-state index is 0.0531. The highest BCUT2D eigenvalue weighted by atomic mass is 16.7. The lowest BCUT2D eigenvalue weighted by atomic mass is 9.99. The third-order valence-corrected chi connectivity index (χ3v) is 3.75. The van der Waals surface area contributed by atoms with Crippen LogP contribution in [0.4, 0.5) is 0 Å². The molecular formula is C15H16N2O3. The van der Waals surface area contributed by atoms with Gasteiger partial charge in [-0.3, -0.25) is 4.79 Å². The van der Waals surface area contributed by atoms with E-state index >= 15 is 0 Å². The van der Waals surface area contributed by atoms with Crippen molar-refractivity contribution in [3.8, 4) is 17.6 Å². The van der Waals surface area contributed by atoms with Crippen LogP contribution in [0.5, 0.6) is 11.5 Å². The molecule has 0 radical (unpaired) electrons. The molecule has 1 aromatic rings. The Kier molecular flexibility index (Phi) is 3.46. The van der Waals surface area contributed by atoms with Gasteiger partial charge in [0, 0.05) is 13.1 Å². The van der Waals surface area contributed by atoms with Crippen molar-refractivity contribution in [1.82, 2.24) is 4.90 Å². The van der Waals surface area contributed by atoms with E-state index in [0.29, 0.717) is 17.9 Å². The molecule has 5 nitrogen and oxygen atoms in total. The number of rotatable bonds is 3. The number of benzene rings is 1. The molecule has 0 bridgehead atoms. The Morgan fingerprint density at radius 2 is 2.05 bits per heavy atom. The van der Waals surface area contributed by atoms with E-state index in [-0.39, 0.29) is 12.7 Å². The number of amides is 1. The summed E-state index contributed by atoms with van der Waals surface area (Å²) < 4.78 is 10.6. The number of hydrogen-bond acceptors (Lipinski definition) is 4. The molecule has 1 atom stereocenters. The topological polar surface area (TPSA) is 62.6 Å². The minimum atomic E-state index is -0.617. The SMILES string of the molecule is N#CC(Cc1ccc2c(c1)OCO2)C(=O)N1CCCC1. The van der Waals surface area contributed by atoms with Gasteiger partial charge in [-0.25, -0.2) is 0 Å². The second-order valence-electron chi connectivity index (χ2n) is 5.11. The molecule has 1 unspecified atom stereocenters. The summed E-state index contributed by atoms with van der Waals surface area (Å²) in [5, 5.41) is 9.26. The maximum Gasteiger partial charge on any atom is 0.240 e. The Bertz CT molecular complexity index is 559. The number of hydrogen-bond donors (Lipinski definition) is 0. The van der Waals surface area contributed by atoms with Crippen LogP contribution < -0.4 is 9.47 Å². The average Bonchev–Trinajstić information content (AvgIpc) is 3.14. The number of nitriles is 1. The summed E-state index contributed by atoms with van der Waals surface area (Å²) >= 11 is 0. The van der Waals surface area contributed by atoms with Crippen molar-refractivity contribution in [2.75, 3.05) is 19.9 Å². The maximum absolute atomic E-state index is 12.3. The summed E-state index contributed by atoms with van der Waals surface area (Å²) in [6.45, 7) is 1.78. The Labute approximate surface area is 117 Å². The number of carbonyl (C=O) groups excluding carboxylic acids is 1. The van der Waals surface area contributed by atoms with Gasteiger partial charge in [-0.1, -0.05) is 6.07 Å². The van der Waals surface area contributed by atoms with E-state index < -0.39 is 5.92 Å². The Morgan fingerprint density at radius 1 is 1.30 bits per heavy atom. The second kappa shape index (κ2) is 5.41. The molecule has 3 rings (SSSR count). The van der Waals surface area contributed by atoms with Gasteiger partial charge >= 0.3 is 0 Å². The van der Waals surface area contributed by atoms with E-state index in [0.717, 1.165) is 31.5 Å². The summed E-state index contributed by atoms with van der Waals surface area (Å²) in [4.78, 5) is 14.1. The zero-order valence-electron chi connectivity index (χ0n) is 11.2. The first-order chi connectivity index (χ1) is 9.78. The third kappa shape index (κ3) is 2.42. The van der Waals surface area contributed by atoms with E-state index in [1.807, 2.05) is 18.2 Å². The zero-order valence-corrected chi connectivity index (χ0v) is 11.2. The lowest BCUT2D eigenvalue weighted by Gasteiger charge is -2.18. The molecule has 104 valence electrons. The summed E-state index contributed by atoms with van der Waals surface area (Å²) in [6.07, 6.45) is 2.49. The molecule has 2 aliphatic rings. The smallest absolute Gasteiger partial charge is 0.240 e. The van der Waals surface area contributed by atoms with E-state index in [1.54, 1.807) is 4.90 Å². The minimum Gasteiger partial charge on any atom is -0.454 e. The first kappa shape index (κ1) is 12.8. The van der Waals surface area contributed by atoms with Crippen LogP contribution in [0.3, 0.4) is 0 Å². The quantitative estimate of drug-likeness (QED) is 0.840. The molecular weight excluding hydrogens is 256 g/mol. The van der Waals surface area contributed by atoms with E-state index in [2.05, 4.69) is 6.07 Å². The van der Waals surface area contributed by atoms with Crippen LogP contribution in [-0.2, 0) is 11.2 Å². The molecule has 1 amide bonds. The first-order valence-electron chi connectivity index (χ1n) is 6.85. The van der Waals surface area contributed by atoms with Crippen LogP contribution >= 0.6 is 0 Å². The fourth-order valence-electron chi connectivity index (χ4n) is 2.65. The number of nitrogens with zero attached hydrogens (tertiary/aromatic N) is 2. The van der Waals surface area contributed by atoms with Crippen LogP contribution in [-0.4, -0.2) is 30.7 Å². The molecule has 0 aromatic heterocycles. The van der Waals surface area contributed by atoms with Gasteiger partial charge in [0.1, 0.15) is 5.92 Å². The monoisotopic (exact) mass is 272 g/mol. The van der Waals surface area contributed by atoms with Crippen LogP contribution in [0.25, 0.3) is 0 Å². The van der Waals surface area contributed by atoms with Gasteiger partial charge in [-0.05, 0) is 37.0 Å². The van der Waals surface area contributed by atoms with Gasteiger partial charge < -0.3 is 14.4 Å². The molecule has 1 saturated heterocycles. The van der Waals surface area contributed by atoms with Crippen molar-refractivity contribution < 1.29 is 14.3 Å². The van der Waals surface area contributed by atoms with Crippen LogP contribution in [0, 0.1) is 17.2 Å². The van der Waals surface area contributed by atoms with Gasteiger partial charge in [0.25, 0.3) is 0 Å². The summed E-state index contributed by atoms with van der Waals surface area (Å²) in [7, 11) is 0. The fraction of sp³-hybridized carbons (Fsp3) is 0.467. The summed E-state index contributed by atoms with van der Waals surface area (Å²) in [5.74, 6) is 0.733. The van der Waals surface area contributed by atoms with Crippen LogP contribution in [0.2, 0.25) is 0 Å². The molecule has 2 heterocycles. The van der Waals surface area contributed by atoms with E-state index in [4.69, 9.17) is 9.47 Å². The highest BCUT2D eigenvalue weighted by Crippen LogP contribution is 2.33. The Balaban J connectivity index is 1.71. The van der Waals surface area contributed by atoms with Gasteiger partial charge in [0.15, 0.2) is 11.5 Å². The van der Waals surface area contributed by atoms with E-state index in [1.165, 1.54) is 0 Å². The highest BCUT2D eigenvalue weighted by Gasteiger charge is 2.27. The van der Waals surface area contributed by atoms with Crippen molar-refractivity contribution in [1.29, 1.82) is 5.26 Å². The standard InChI is InChI=1S/C15H16N2O3/c16-9-12(15(18)17-5-1-2-6-17)7-11-3-4-13-14(8-11)20-10-19-13/h3-4,8,12H,1-2,5-7,10H2. The number of fused-ring (bicyclic) bond motifs is 1. The van der Waals surface area contributed by atoms with Crippen LogP contribution in [0.15, 0.2) is 18.2 Å². The van der Waals surface area contributed by atoms with Crippen molar-refractivity contribution >= 4 is 5.91 Å². The highest BCUT2D eigenvalue weighted by molar-refractivity contribution is 5.81. The molecule has 0 saturated carbocycles. The van der Waals surface area contributed by atoms with Gasteiger partial charge in [0.05, 0.1) is 6.07 Å². The largest absolute Gasteiger partial charge is 0.454 e. The molecule has 2 aliphatic heterocycles. The summed E-state index contributed by atoms with van der Waals surface area (Å²) in [5.41, 5.74) is 0.924. The number of likely N-dealkylation sites (tertiary alicyclic amines) is 1. The average molecular weight is 272 g/mol. The normalized spacial score (nSPS) is 17.9. The van der Waals surface area contributed by atoms with E-state index in [9.17, 15) is 10.1 Å². The molecule has 0 spiro atoms. The summed E-state index contributed by atoms with van der Waals surface area (Å²) in [6, 6.07) is 7.69. The second-order valence-corrected chi connectivity index (χ2v) is 5.11. The molecule has 1 fully saturated rings. The van der Waals surface area contributed by atoms with Crippen molar-refractivity contribution in [3.05, 3.63) is 23.8 Å². The predicted molar refractivity (Wildman–Crippen MR) is 71.2 cm³/mol. The first-order valence-corrected chi connectivity index (χ1v) is 6.85. The lowest BCUT2D eigenvalue weighted by molar-refractivity contribution is -0.132. The predicted octanol–water partition coefficient (Wildman–Crippen LogP) is 1.72. The fourth-order valence-corrected chi connectivity index (χ4v) is 2.65. The molecule has 20 heavy (non-hydrogen) atoms. The zero-order chi connectivity index (χ0) is 13.9. The number of carbonyl (C=O) groups is 1. The van der Waals surface area contributed by atoms with Gasteiger partial charge in [0.2, 0.25) is 12.7 Å². The van der Waals surface area contributed by atoms with Gasteiger partial charge in [-0.2, -0.15) is 5.26 Å². The molecule has 1 aromatic carbocycles. The molecule has 5 heteroatoms. The molecule has 0 aliphatic carbocycles. The Hall–Kier alpha value is -2.22. The van der Waals surface area contributed by atoms with Crippen molar-refractivity contribution in [2.45, 2.75) is 19.3 Å². The third-order valence-electron chi connectivity index (χ3n) is 3.75. The van der Waals surface area contributed by atoms with Crippen molar-refractivity contribution in [3.63, 3.8) is 0 Å².